The van der Waals surface area contributed by atoms with Crippen LogP contribution >= 0.6 is 0 Å². The molecule has 1 aromatic heterocycles. The van der Waals surface area contributed by atoms with Crippen molar-refractivity contribution in [2.45, 2.75) is 19.9 Å². The maximum atomic E-state index is 10.9. The summed E-state index contributed by atoms with van der Waals surface area (Å²) in [5.74, 6) is 0.648. The monoisotopic (exact) mass is 245 g/mol. The number of nitrogens with zero attached hydrogens (tertiary/aromatic N) is 3. The minimum Gasteiger partial charge on any atom is -0.465 e. The van der Waals surface area contributed by atoms with E-state index in [9.17, 15) is 4.79 Å². The van der Waals surface area contributed by atoms with Gasteiger partial charge >= 0.3 is 6.09 Å². The topological polar surface area (TPSA) is 66.3 Å². The number of hydrogen-bond acceptors (Lipinski definition) is 3. The number of hydrogen-bond donors (Lipinski definition) is 1. The molecule has 0 saturated heterocycles. The maximum absolute atomic E-state index is 10.9. The molecule has 2 rings (SSSR count). The van der Waals surface area contributed by atoms with E-state index in [1.165, 1.54) is 4.90 Å². The zero-order valence-electron chi connectivity index (χ0n) is 10.3. The van der Waals surface area contributed by atoms with E-state index < -0.39 is 6.09 Å². The normalized spacial score (nSPS) is 15.2. The van der Waals surface area contributed by atoms with Crippen molar-refractivity contribution in [3.05, 3.63) is 42.0 Å². The van der Waals surface area contributed by atoms with E-state index in [4.69, 9.17) is 5.11 Å². The Morgan fingerprint density at radius 3 is 3.00 bits per heavy atom. The summed E-state index contributed by atoms with van der Waals surface area (Å²) < 4.78 is 0. The third-order valence-corrected chi connectivity index (χ3v) is 2.99. The number of fused-ring (bicyclic) bond motifs is 1. The first-order valence-corrected chi connectivity index (χ1v) is 5.77. The van der Waals surface area contributed by atoms with Crippen molar-refractivity contribution in [3.8, 4) is 0 Å². The SMILES string of the molecule is C=C/C(=C\C)c1ncc2c(n1)CCN(C(=O)O)C2. The standard InChI is InChI=1S/C13H15N3O2/c1-3-9(4-2)12-14-7-10-8-16(13(17)18)6-5-11(10)15-12/h3-4,7H,1,5-6,8H2,2H3,(H,17,18)/b9-4+. The predicted molar refractivity (Wildman–Crippen MR) is 68.0 cm³/mol. The lowest BCUT2D eigenvalue weighted by Gasteiger charge is -2.25. The van der Waals surface area contributed by atoms with Crippen LogP contribution in [0.25, 0.3) is 5.57 Å². The lowest BCUT2D eigenvalue weighted by molar-refractivity contribution is 0.139. The van der Waals surface area contributed by atoms with E-state index >= 15 is 0 Å². The second kappa shape index (κ2) is 5.00. The molecule has 0 radical (unpaired) electrons. The Kier molecular flexibility index (Phi) is 3.41. The summed E-state index contributed by atoms with van der Waals surface area (Å²) >= 11 is 0. The Balaban J connectivity index is 2.30. The third-order valence-electron chi connectivity index (χ3n) is 2.99. The quantitative estimate of drug-likeness (QED) is 0.810. The molecule has 0 fully saturated rings. The van der Waals surface area contributed by atoms with Gasteiger partial charge in [-0.25, -0.2) is 14.8 Å². The first-order valence-electron chi connectivity index (χ1n) is 5.77. The first kappa shape index (κ1) is 12.3. The average molecular weight is 245 g/mol. The molecule has 0 bridgehead atoms. The van der Waals surface area contributed by atoms with Crippen LogP contribution in [0.15, 0.2) is 24.9 Å². The molecule has 5 nitrogen and oxygen atoms in total. The largest absolute Gasteiger partial charge is 0.465 e. The molecule has 5 heteroatoms. The van der Waals surface area contributed by atoms with Crippen molar-refractivity contribution in [2.75, 3.05) is 6.54 Å². The van der Waals surface area contributed by atoms with Gasteiger partial charge in [0.25, 0.3) is 0 Å². The summed E-state index contributed by atoms with van der Waals surface area (Å²) in [6.45, 7) is 6.48. The van der Waals surface area contributed by atoms with Gasteiger partial charge in [0.2, 0.25) is 0 Å². The number of amides is 1. The van der Waals surface area contributed by atoms with Gasteiger partial charge in [-0.2, -0.15) is 0 Å². The third kappa shape index (κ3) is 2.25. The molecule has 1 aliphatic heterocycles. The van der Waals surface area contributed by atoms with Gasteiger partial charge in [-0.1, -0.05) is 18.7 Å². The Bertz CT molecular complexity index is 523. The molecule has 1 amide bonds. The molecule has 0 saturated carbocycles. The van der Waals surface area contributed by atoms with Crippen LogP contribution in [-0.2, 0) is 13.0 Å². The van der Waals surface area contributed by atoms with Crippen molar-refractivity contribution in [1.29, 1.82) is 0 Å². The van der Waals surface area contributed by atoms with E-state index in [0.717, 1.165) is 16.8 Å². The molecular formula is C13H15N3O2. The lowest BCUT2D eigenvalue weighted by atomic mass is 10.1. The minimum atomic E-state index is -0.898. The van der Waals surface area contributed by atoms with Gasteiger partial charge < -0.3 is 10.0 Å². The van der Waals surface area contributed by atoms with E-state index in [1.54, 1.807) is 12.3 Å². The zero-order valence-corrected chi connectivity index (χ0v) is 10.3. The van der Waals surface area contributed by atoms with Crippen molar-refractivity contribution in [1.82, 2.24) is 14.9 Å². The molecule has 0 unspecified atom stereocenters. The van der Waals surface area contributed by atoms with Crippen LogP contribution in [0.3, 0.4) is 0 Å². The van der Waals surface area contributed by atoms with Gasteiger partial charge in [-0.15, -0.1) is 0 Å². The molecule has 0 spiro atoms. The van der Waals surface area contributed by atoms with Crippen molar-refractivity contribution in [3.63, 3.8) is 0 Å². The van der Waals surface area contributed by atoms with E-state index in [0.29, 0.717) is 25.3 Å². The Morgan fingerprint density at radius 2 is 2.39 bits per heavy atom. The van der Waals surface area contributed by atoms with Crippen LogP contribution in [0.1, 0.15) is 24.0 Å². The van der Waals surface area contributed by atoms with Gasteiger partial charge in [0.1, 0.15) is 0 Å². The second-order valence-corrected chi connectivity index (χ2v) is 4.07. The number of rotatable bonds is 2. The molecule has 18 heavy (non-hydrogen) atoms. The number of allylic oxidation sites excluding steroid dienone is 3. The molecule has 0 atom stereocenters. The Labute approximate surface area is 105 Å². The first-order chi connectivity index (χ1) is 8.65. The van der Waals surface area contributed by atoms with Crippen molar-refractivity contribution in [2.24, 2.45) is 0 Å². The highest BCUT2D eigenvalue weighted by Crippen LogP contribution is 2.19. The van der Waals surface area contributed by atoms with Crippen molar-refractivity contribution < 1.29 is 9.90 Å². The van der Waals surface area contributed by atoms with Gasteiger partial charge in [0, 0.05) is 30.3 Å². The number of carboxylic acid groups (broad SMARTS) is 1. The average Bonchev–Trinajstić information content (AvgIpc) is 2.39. The molecule has 0 aromatic carbocycles. The summed E-state index contributed by atoms with van der Waals surface area (Å²) in [4.78, 5) is 21.0. The van der Waals surface area contributed by atoms with E-state index in [2.05, 4.69) is 16.5 Å². The second-order valence-electron chi connectivity index (χ2n) is 4.07. The predicted octanol–water partition coefficient (Wildman–Crippen LogP) is 2.10. The summed E-state index contributed by atoms with van der Waals surface area (Å²) in [6.07, 6.45) is 5.06. The summed E-state index contributed by atoms with van der Waals surface area (Å²) in [6, 6.07) is 0. The van der Waals surface area contributed by atoms with E-state index in [1.807, 2.05) is 13.0 Å². The molecule has 1 N–H and O–H groups in total. The molecule has 0 aliphatic carbocycles. The number of carbonyl (C=O) groups is 1. The zero-order chi connectivity index (χ0) is 13.1. The van der Waals surface area contributed by atoms with Crippen LogP contribution in [-0.4, -0.2) is 32.6 Å². The Morgan fingerprint density at radius 1 is 1.61 bits per heavy atom. The van der Waals surface area contributed by atoms with E-state index in [-0.39, 0.29) is 0 Å². The molecule has 94 valence electrons. The highest BCUT2D eigenvalue weighted by molar-refractivity contribution is 5.68. The summed E-state index contributed by atoms with van der Waals surface area (Å²) in [5, 5.41) is 8.95. The maximum Gasteiger partial charge on any atom is 0.407 e. The highest BCUT2D eigenvalue weighted by atomic mass is 16.4. The van der Waals surface area contributed by atoms with Gasteiger partial charge in [-0.3, -0.25) is 0 Å². The fourth-order valence-electron chi connectivity index (χ4n) is 1.96. The van der Waals surface area contributed by atoms with Crippen LogP contribution in [0, 0.1) is 0 Å². The van der Waals surface area contributed by atoms with Gasteiger partial charge in [-0.05, 0) is 6.92 Å². The van der Waals surface area contributed by atoms with Crippen LogP contribution < -0.4 is 0 Å². The fourth-order valence-corrected chi connectivity index (χ4v) is 1.96. The molecule has 2 heterocycles. The van der Waals surface area contributed by atoms with Crippen LogP contribution in [0.2, 0.25) is 0 Å². The van der Waals surface area contributed by atoms with Crippen molar-refractivity contribution >= 4 is 11.7 Å². The molecular weight excluding hydrogens is 230 g/mol. The summed E-state index contributed by atoms with van der Waals surface area (Å²) in [5.41, 5.74) is 2.70. The smallest absolute Gasteiger partial charge is 0.407 e. The Hall–Kier alpha value is -2.17. The lowest BCUT2D eigenvalue weighted by Crippen LogP contribution is -2.35. The van der Waals surface area contributed by atoms with Gasteiger partial charge in [0.05, 0.1) is 12.2 Å². The number of aromatic nitrogens is 2. The highest BCUT2D eigenvalue weighted by Gasteiger charge is 2.21. The molecule has 1 aromatic rings. The minimum absolute atomic E-state index is 0.365. The van der Waals surface area contributed by atoms with Crippen LogP contribution in [0.5, 0.6) is 0 Å². The molecule has 1 aliphatic rings. The summed E-state index contributed by atoms with van der Waals surface area (Å²) in [7, 11) is 0. The van der Waals surface area contributed by atoms with Gasteiger partial charge in [0.15, 0.2) is 5.82 Å². The van der Waals surface area contributed by atoms with Crippen LogP contribution in [0.4, 0.5) is 4.79 Å². The fraction of sp³-hybridized carbons (Fsp3) is 0.308.